The molecule has 0 radical (unpaired) electrons. The van der Waals surface area contributed by atoms with Crippen molar-refractivity contribution in [1.82, 2.24) is 4.72 Å². The number of nitrogens with one attached hydrogen (secondary N) is 1. The van der Waals surface area contributed by atoms with Crippen LogP contribution in [0.15, 0.2) is 23.1 Å². The molecule has 0 heterocycles. The minimum absolute atomic E-state index is 0.0115. The average Bonchev–Trinajstić information content (AvgIpc) is 2.92. The SMILES string of the molecule is COc1ccc(OC)c(S(=O)(=O)NC2CCCC2CO)c1. The van der Waals surface area contributed by atoms with Crippen molar-refractivity contribution < 1.29 is 23.0 Å². The molecule has 2 N–H and O–H groups in total. The molecule has 0 aromatic heterocycles. The van der Waals surface area contributed by atoms with Crippen LogP contribution < -0.4 is 14.2 Å². The molecule has 1 aromatic carbocycles. The van der Waals surface area contributed by atoms with E-state index in [0.717, 1.165) is 19.3 Å². The van der Waals surface area contributed by atoms with Gasteiger partial charge in [0.25, 0.3) is 0 Å². The molecule has 21 heavy (non-hydrogen) atoms. The van der Waals surface area contributed by atoms with Crippen molar-refractivity contribution in [2.45, 2.75) is 30.2 Å². The van der Waals surface area contributed by atoms with Crippen LogP contribution in [-0.2, 0) is 10.0 Å². The highest BCUT2D eigenvalue weighted by atomic mass is 32.2. The first kappa shape index (κ1) is 16.1. The number of methoxy groups -OCH3 is 2. The van der Waals surface area contributed by atoms with E-state index in [-0.39, 0.29) is 29.2 Å². The van der Waals surface area contributed by atoms with Gasteiger partial charge >= 0.3 is 0 Å². The second kappa shape index (κ2) is 6.64. The minimum atomic E-state index is -3.73. The third kappa shape index (κ3) is 3.48. The summed E-state index contributed by atoms with van der Waals surface area (Å²) in [5.74, 6) is 0.680. The topological polar surface area (TPSA) is 84.9 Å². The van der Waals surface area contributed by atoms with Gasteiger partial charge in [0.2, 0.25) is 10.0 Å². The molecule has 1 saturated carbocycles. The molecule has 2 atom stereocenters. The van der Waals surface area contributed by atoms with Crippen molar-refractivity contribution >= 4 is 10.0 Å². The van der Waals surface area contributed by atoms with Gasteiger partial charge in [-0.2, -0.15) is 0 Å². The summed E-state index contributed by atoms with van der Waals surface area (Å²) in [7, 11) is -0.828. The predicted molar refractivity (Wildman–Crippen MR) is 78.1 cm³/mol. The summed E-state index contributed by atoms with van der Waals surface area (Å²) in [6, 6.07) is 4.40. The summed E-state index contributed by atoms with van der Waals surface area (Å²) in [5, 5.41) is 9.31. The van der Waals surface area contributed by atoms with Crippen LogP contribution in [0.2, 0.25) is 0 Å². The standard InChI is InChI=1S/C14H21NO5S/c1-19-11-6-7-13(20-2)14(8-11)21(17,18)15-12-5-3-4-10(12)9-16/h6-8,10,12,15-16H,3-5,9H2,1-2H3. The molecule has 0 aliphatic heterocycles. The van der Waals surface area contributed by atoms with E-state index in [1.54, 1.807) is 12.1 Å². The molecule has 118 valence electrons. The molecular weight excluding hydrogens is 294 g/mol. The van der Waals surface area contributed by atoms with E-state index in [9.17, 15) is 13.5 Å². The molecule has 0 bridgehead atoms. The van der Waals surface area contributed by atoms with Crippen molar-refractivity contribution in [2.24, 2.45) is 5.92 Å². The lowest BCUT2D eigenvalue weighted by atomic mass is 10.1. The number of sulfonamides is 1. The molecule has 2 unspecified atom stereocenters. The minimum Gasteiger partial charge on any atom is -0.497 e. The molecule has 0 amide bonds. The zero-order valence-electron chi connectivity index (χ0n) is 12.2. The summed E-state index contributed by atoms with van der Waals surface area (Å²) in [5.41, 5.74) is 0. The van der Waals surface area contributed by atoms with Gasteiger partial charge in [-0.1, -0.05) is 6.42 Å². The Bertz CT molecular complexity index is 587. The van der Waals surface area contributed by atoms with Gasteiger partial charge in [-0.05, 0) is 30.9 Å². The van der Waals surface area contributed by atoms with Gasteiger partial charge in [0.1, 0.15) is 16.4 Å². The molecule has 2 rings (SSSR count). The Hall–Kier alpha value is -1.31. The molecular formula is C14H21NO5S. The van der Waals surface area contributed by atoms with E-state index in [4.69, 9.17) is 9.47 Å². The van der Waals surface area contributed by atoms with E-state index >= 15 is 0 Å². The first-order valence-electron chi connectivity index (χ1n) is 6.87. The van der Waals surface area contributed by atoms with Crippen molar-refractivity contribution in [3.63, 3.8) is 0 Å². The van der Waals surface area contributed by atoms with Crippen LogP contribution in [0.5, 0.6) is 11.5 Å². The monoisotopic (exact) mass is 315 g/mol. The number of aliphatic hydroxyl groups is 1. The first-order chi connectivity index (χ1) is 10.0. The maximum absolute atomic E-state index is 12.6. The van der Waals surface area contributed by atoms with E-state index in [1.165, 1.54) is 20.3 Å². The Labute approximate surface area is 125 Å². The van der Waals surface area contributed by atoms with Crippen LogP contribution >= 0.6 is 0 Å². The highest BCUT2D eigenvalue weighted by molar-refractivity contribution is 7.89. The zero-order chi connectivity index (χ0) is 15.5. The van der Waals surface area contributed by atoms with E-state index in [1.807, 2.05) is 0 Å². The Kier molecular flexibility index (Phi) is 5.08. The molecule has 7 heteroatoms. The van der Waals surface area contributed by atoms with Gasteiger partial charge < -0.3 is 14.6 Å². The normalized spacial score (nSPS) is 22.2. The summed E-state index contributed by atoms with van der Waals surface area (Å²) < 4.78 is 38.0. The van der Waals surface area contributed by atoms with E-state index in [0.29, 0.717) is 5.75 Å². The summed E-state index contributed by atoms with van der Waals surface area (Å²) in [4.78, 5) is 0.0490. The van der Waals surface area contributed by atoms with Crippen molar-refractivity contribution in [3.8, 4) is 11.5 Å². The molecule has 1 fully saturated rings. The van der Waals surface area contributed by atoms with Gasteiger partial charge in [0, 0.05) is 18.7 Å². The summed E-state index contributed by atoms with van der Waals surface area (Å²) >= 11 is 0. The maximum atomic E-state index is 12.6. The van der Waals surface area contributed by atoms with Gasteiger partial charge in [-0.3, -0.25) is 0 Å². The Morgan fingerprint density at radius 1 is 1.29 bits per heavy atom. The third-order valence-electron chi connectivity index (χ3n) is 3.86. The average molecular weight is 315 g/mol. The largest absolute Gasteiger partial charge is 0.497 e. The molecule has 1 aliphatic carbocycles. The van der Waals surface area contributed by atoms with Gasteiger partial charge in [-0.15, -0.1) is 0 Å². The highest BCUT2D eigenvalue weighted by Crippen LogP contribution is 2.31. The van der Waals surface area contributed by atoms with Crippen LogP contribution in [0.4, 0.5) is 0 Å². The van der Waals surface area contributed by atoms with Crippen LogP contribution in [0.25, 0.3) is 0 Å². The predicted octanol–water partition coefficient (Wildman–Crippen LogP) is 1.14. The van der Waals surface area contributed by atoms with Gasteiger partial charge in [0.15, 0.2) is 0 Å². The van der Waals surface area contributed by atoms with Crippen LogP contribution in [0.3, 0.4) is 0 Å². The molecule has 6 nitrogen and oxygen atoms in total. The lowest BCUT2D eigenvalue weighted by Gasteiger charge is -2.20. The van der Waals surface area contributed by atoms with E-state index in [2.05, 4.69) is 4.72 Å². The van der Waals surface area contributed by atoms with Gasteiger partial charge in [0.05, 0.1) is 14.2 Å². The number of rotatable bonds is 6. The fourth-order valence-corrected chi connectivity index (χ4v) is 4.19. The second-order valence-electron chi connectivity index (χ2n) is 5.12. The molecule has 1 aromatic rings. The van der Waals surface area contributed by atoms with Crippen LogP contribution in [0, 0.1) is 5.92 Å². The van der Waals surface area contributed by atoms with Gasteiger partial charge in [-0.25, -0.2) is 13.1 Å². The smallest absolute Gasteiger partial charge is 0.244 e. The maximum Gasteiger partial charge on any atom is 0.244 e. The van der Waals surface area contributed by atoms with E-state index < -0.39 is 10.0 Å². The lowest BCUT2D eigenvalue weighted by Crippen LogP contribution is -2.38. The summed E-state index contributed by atoms with van der Waals surface area (Å²) in [6.07, 6.45) is 2.48. The molecule has 0 saturated heterocycles. The van der Waals surface area contributed by atoms with Crippen LogP contribution in [-0.4, -0.2) is 40.4 Å². The molecule has 1 aliphatic rings. The Balaban J connectivity index is 2.30. The number of benzene rings is 1. The fraction of sp³-hybridized carbons (Fsp3) is 0.571. The summed E-state index contributed by atoms with van der Waals surface area (Å²) in [6.45, 7) is -0.0115. The Morgan fingerprint density at radius 3 is 2.67 bits per heavy atom. The fourth-order valence-electron chi connectivity index (χ4n) is 2.67. The zero-order valence-corrected chi connectivity index (χ0v) is 13.0. The first-order valence-corrected chi connectivity index (χ1v) is 8.35. The number of ether oxygens (including phenoxy) is 2. The Morgan fingerprint density at radius 2 is 2.05 bits per heavy atom. The van der Waals surface area contributed by atoms with Crippen molar-refractivity contribution in [3.05, 3.63) is 18.2 Å². The third-order valence-corrected chi connectivity index (χ3v) is 5.37. The van der Waals surface area contributed by atoms with Crippen molar-refractivity contribution in [2.75, 3.05) is 20.8 Å². The quantitative estimate of drug-likeness (QED) is 0.822. The number of aliphatic hydroxyl groups excluding tert-OH is 1. The number of hydrogen-bond donors (Lipinski definition) is 2. The molecule has 0 spiro atoms. The lowest BCUT2D eigenvalue weighted by molar-refractivity contribution is 0.213. The second-order valence-corrected chi connectivity index (χ2v) is 6.80. The highest BCUT2D eigenvalue weighted by Gasteiger charge is 2.32. The van der Waals surface area contributed by atoms with Crippen molar-refractivity contribution in [1.29, 1.82) is 0 Å². The number of hydrogen-bond acceptors (Lipinski definition) is 5. The van der Waals surface area contributed by atoms with Crippen LogP contribution in [0.1, 0.15) is 19.3 Å².